The van der Waals surface area contributed by atoms with E-state index in [0.29, 0.717) is 6.54 Å². The highest BCUT2D eigenvalue weighted by molar-refractivity contribution is 5.78. The van der Waals surface area contributed by atoms with Gasteiger partial charge in [-0.2, -0.15) is 0 Å². The van der Waals surface area contributed by atoms with Gasteiger partial charge in [-0.25, -0.2) is 0 Å². The number of carbonyl (C=O) groups is 1. The Kier molecular flexibility index (Phi) is 6.46. The number of aliphatic hydroxyl groups is 1. The third-order valence-electron chi connectivity index (χ3n) is 4.71. The van der Waals surface area contributed by atoms with Crippen LogP contribution in [0.3, 0.4) is 0 Å². The van der Waals surface area contributed by atoms with Gasteiger partial charge in [0.05, 0.1) is 12.1 Å². The molecule has 1 amide bonds. The Balaban J connectivity index is 2.25. The van der Waals surface area contributed by atoms with Crippen LogP contribution in [0, 0.1) is 5.92 Å². The molecule has 0 aliphatic heterocycles. The summed E-state index contributed by atoms with van der Waals surface area (Å²) >= 11 is 0. The van der Waals surface area contributed by atoms with Crippen LogP contribution in [0.2, 0.25) is 0 Å². The minimum absolute atomic E-state index is 0.00249. The van der Waals surface area contributed by atoms with Crippen LogP contribution in [0.25, 0.3) is 0 Å². The Hall–Kier alpha value is -0.610. The first-order valence-corrected chi connectivity index (χ1v) is 8.04. The Morgan fingerprint density at radius 1 is 1.30 bits per heavy atom. The fourth-order valence-electron chi connectivity index (χ4n) is 2.72. The molecule has 0 saturated heterocycles. The van der Waals surface area contributed by atoms with Crippen molar-refractivity contribution in [1.82, 2.24) is 10.6 Å². The van der Waals surface area contributed by atoms with Crippen LogP contribution in [0.1, 0.15) is 66.2 Å². The van der Waals surface area contributed by atoms with Crippen molar-refractivity contribution in [3.63, 3.8) is 0 Å². The standard InChI is InChI=1S/C16H32N2O2/c1-5-13-7-9-16(20,10-8-13)12-17-11-14(19)18-15(3,4)6-2/h13,17,20H,5-12H2,1-4H3,(H,18,19). The van der Waals surface area contributed by atoms with Crippen LogP contribution in [-0.4, -0.2) is 35.2 Å². The van der Waals surface area contributed by atoms with E-state index in [1.54, 1.807) is 0 Å². The van der Waals surface area contributed by atoms with Gasteiger partial charge in [-0.15, -0.1) is 0 Å². The largest absolute Gasteiger partial charge is 0.389 e. The molecule has 1 fully saturated rings. The van der Waals surface area contributed by atoms with E-state index in [-0.39, 0.29) is 18.0 Å². The molecule has 4 heteroatoms. The minimum Gasteiger partial charge on any atom is -0.389 e. The first kappa shape index (κ1) is 17.4. The Labute approximate surface area is 123 Å². The molecule has 0 spiro atoms. The molecule has 3 N–H and O–H groups in total. The Bertz CT molecular complexity index is 308. The maximum Gasteiger partial charge on any atom is 0.234 e. The highest BCUT2D eigenvalue weighted by Gasteiger charge is 2.32. The first-order chi connectivity index (χ1) is 9.30. The van der Waals surface area contributed by atoms with E-state index in [2.05, 4.69) is 24.5 Å². The Morgan fingerprint density at radius 2 is 1.90 bits per heavy atom. The third-order valence-corrected chi connectivity index (χ3v) is 4.71. The summed E-state index contributed by atoms with van der Waals surface area (Å²) < 4.78 is 0. The lowest BCUT2D eigenvalue weighted by molar-refractivity contribution is -0.122. The smallest absolute Gasteiger partial charge is 0.234 e. The van der Waals surface area contributed by atoms with Crippen LogP contribution in [0.4, 0.5) is 0 Å². The molecule has 118 valence electrons. The summed E-state index contributed by atoms with van der Waals surface area (Å²) in [5.74, 6) is 0.770. The topological polar surface area (TPSA) is 61.4 Å². The number of rotatable bonds is 7. The summed E-state index contributed by atoms with van der Waals surface area (Å²) in [6, 6.07) is 0. The molecule has 1 aliphatic carbocycles. The molecule has 1 aliphatic rings. The average molecular weight is 284 g/mol. The molecule has 0 atom stereocenters. The molecule has 0 aromatic heterocycles. The number of amides is 1. The normalized spacial score (nSPS) is 27.4. The minimum atomic E-state index is -0.619. The van der Waals surface area contributed by atoms with Crippen LogP contribution in [0.15, 0.2) is 0 Å². The van der Waals surface area contributed by atoms with Crippen molar-refractivity contribution in [3.05, 3.63) is 0 Å². The zero-order valence-corrected chi connectivity index (χ0v) is 13.6. The molecular weight excluding hydrogens is 252 g/mol. The zero-order chi connectivity index (χ0) is 15.2. The van der Waals surface area contributed by atoms with Gasteiger partial charge in [-0.3, -0.25) is 4.79 Å². The van der Waals surface area contributed by atoms with Crippen molar-refractivity contribution in [2.45, 2.75) is 77.4 Å². The number of hydrogen-bond donors (Lipinski definition) is 3. The van der Waals surface area contributed by atoms with Gasteiger partial charge in [-0.1, -0.05) is 20.3 Å². The summed E-state index contributed by atoms with van der Waals surface area (Å²) in [7, 11) is 0. The molecule has 0 aromatic rings. The molecule has 0 radical (unpaired) electrons. The maximum atomic E-state index is 11.8. The van der Waals surface area contributed by atoms with Crippen LogP contribution < -0.4 is 10.6 Å². The molecule has 20 heavy (non-hydrogen) atoms. The lowest BCUT2D eigenvalue weighted by Crippen LogP contribution is -2.49. The van der Waals surface area contributed by atoms with Crippen LogP contribution in [-0.2, 0) is 4.79 Å². The van der Waals surface area contributed by atoms with Gasteiger partial charge in [0.1, 0.15) is 0 Å². The lowest BCUT2D eigenvalue weighted by Gasteiger charge is -2.36. The number of carbonyl (C=O) groups excluding carboxylic acids is 1. The predicted molar refractivity (Wildman–Crippen MR) is 82.6 cm³/mol. The van der Waals surface area contributed by atoms with E-state index in [9.17, 15) is 9.90 Å². The van der Waals surface area contributed by atoms with Gasteiger partial charge < -0.3 is 15.7 Å². The highest BCUT2D eigenvalue weighted by atomic mass is 16.3. The van der Waals surface area contributed by atoms with Crippen molar-refractivity contribution in [3.8, 4) is 0 Å². The molecular formula is C16H32N2O2. The van der Waals surface area contributed by atoms with Crippen LogP contribution >= 0.6 is 0 Å². The molecule has 0 unspecified atom stereocenters. The average Bonchev–Trinajstić information content (AvgIpc) is 2.39. The maximum absolute atomic E-state index is 11.8. The monoisotopic (exact) mass is 284 g/mol. The van der Waals surface area contributed by atoms with Crippen molar-refractivity contribution >= 4 is 5.91 Å². The zero-order valence-electron chi connectivity index (χ0n) is 13.6. The lowest BCUT2D eigenvalue weighted by atomic mass is 9.78. The van der Waals surface area contributed by atoms with Gasteiger partial charge in [0, 0.05) is 12.1 Å². The van der Waals surface area contributed by atoms with E-state index in [4.69, 9.17) is 0 Å². The summed E-state index contributed by atoms with van der Waals surface area (Å²) in [6.07, 6.45) is 6.01. The second kappa shape index (κ2) is 7.41. The highest BCUT2D eigenvalue weighted by Crippen LogP contribution is 2.33. The third kappa shape index (κ3) is 5.80. The van der Waals surface area contributed by atoms with E-state index in [1.807, 2.05) is 13.8 Å². The fraction of sp³-hybridized carbons (Fsp3) is 0.938. The predicted octanol–water partition coefficient (Wildman–Crippen LogP) is 2.21. The quantitative estimate of drug-likeness (QED) is 0.672. The van der Waals surface area contributed by atoms with Crippen molar-refractivity contribution in [1.29, 1.82) is 0 Å². The molecule has 1 rings (SSSR count). The summed E-state index contributed by atoms with van der Waals surface area (Å²) in [6.45, 7) is 9.11. The summed E-state index contributed by atoms with van der Waals surface area (Å²) in [4.78, 5) is 11.8. The SMILES string of the molecule is CCC1CCC(O)(CNCC(=O)NC(C)(C)CC)CC1. The van der Waals surface area contributed by atoms with Gasteiger partial charge in [0.15, 0.2) is 0 Å². The van der Waals surface area contributed by atoms with E-state index in [1.165, 1.54) is 6.42 Å². The molecule has 0 heterocycles. The first-order valence-electron chi connectivity index (χ1n) is 8.04. The second-order valence-corrected chi connectivity index (χ2v) is 6.97. The van der Waals surface area contributed by atoms with Gasteiger partial charge in [0.25, 0.3) is 0 Å². The molecule has 0 bridgehead atoms. The summed E-state index contributed by atoms with van der Waals surface area (Å²) in [5, 5.41) is 16.6. The second-order valence-electron chi connectivity index (χ2n) is 6.97. The van der Waals surface area contributed by atoms with Gasteiger partial charge >= 0.3 is 0 Å². The van der Waals surface area contributed by atoms with Crippen molar-refractivity contribution < 1.29 is 9.90 Å². The Morgan fingerprint density at radius 3 is 2.40 bits per heavy atom. The van der Waals surface area contributed by atoms with E-state index in [0.717, 1.165) is 38.0 Å². The van der Waals surface area contributed by atoms with Gasteiger partial charge in [0.2, 0.25) is 5.91 Å². The van der Waals surface area contributed by atoms with Crippen LogP contribution in [0.5, 0.6) is 0 Å². The van der Waals surface area contributed by atoms with E-state index >= 15 is 0 Å². The van der Waals surface area contributed by atoms with Crippen molar-refractivity contribution in [2.24, 2.45) is 5.92 Å². The molecule has 0 aromatic carbocycles. The molecule has 1 saturated carbocycles. The summed E-state index contributed by atoms with van der Waals surface area (Å²) in [5.41, 5.74) is -0.777. The number of nitrogens with one attached hydrogen (secondary N) is 2. The number of hydrogen-bond acceptors (Lipinski definition) is 3. The fourth-order valence-corrected chi connectivity index (χ4v) is 2.72. The van der Waals surface area contributed by atoms with E-state index < -0.39 is 5.60 Å². The van der Waals surface area contributed by atoms with Crippen molar-refractivity contribution in [2.75, 3.05) is 13.1 Å². The van der Waals surface area contributed by atoms with Gasteiger partial charge in [-0.05, 0) is 51.9 Å². The molecule has 4 nitrogen and oxygen atoms in total.